The highest BCUT2D eigenvalue weighted by atomic mass is 16.5. The topological polar surface area (TPSA) is 38.5 Å². The largest absolute Gasteiger partial charge is 0.496 e. The Labute approximate surface area is 128 Å². The second-order valence-corrected chi connectivity index (χ2v) is 6.99. The van der Waals surface area contributed by atoms with Crippen molar-refractivity contribution < 1.29 is 4.74 Å². The highest BCUT2D eigenvalue weighted by Crippen LogP contribution is 2.42. The Kier molecular flexibility index (Phi) is 3.98. The lowest BCUT2D eigenvalue weighted by atomic mass is 9.81. The van der Waals surface area contributed by atoms with Gasteiger partial charge in [0.25, 0.3) is 0 Å². The number of hydrogen-bond donors (Lipinski definition) is 1. The van der Waals surface area contributed by atoms with Crippen LogP contribution in [0.15, 0.2) is 12.1 Å². The van der Waals surface area contributed by atoms with Gasteiger partial charge in [-0.1, -0.05) is 6.07 Å². The monoisotopic (exact) mass is 288 g/mol. The minimum atomic E-state index is 0.159. The first-order chi connectivity index (χ1) is 10.0. The molecule has 2 heterocycles. The molecular weight excluding hydrogens is 260 g/mol. The maximum Gasteiger partial charge on any atom is 0.122 e. The quantitative estimate of drug-likeness (QED) is 0.928. The smallest absolute Gasteiger partial charge is 0.122 e. The number of nitrogens with two attached hydrogens (primary N) is 1. The number of methoxy groups -OCH3 is 1. The second kappa shape index (κ2) is 5.62. The average Bonchev–Trinajstić information content (AvgIpc) is 2.69. The first-order valence-corrected chi connectivity index (χ1v) is 8.14. The number of fused-ring (bicyclic) bond motifs is 2. The number of benzene rings is 1. The zero-order valence-electron chi connectivity index (χ0n) is 13.7. The SMILES string of the molecule is COc1cc(C)c(C(N)C2CC3CCC(C2)N3C)cc1C. The van der Waals surface area contributed by atoms with Crippen LogP contribution in [-0.2, 0) is 0 Å². The van der Waals surface area contributed by atoms with Crippen LogP contribution < -0.4 is 10.5 Å². The van der Waals surface area contributed by atoms with E-state index in [-0.39, 0.29) is 6.04 Å². The van der Waals surface area contributed by atoms with Crippen LogP contribution in [0.1, 0.15) is 48.4 Å². The van der Waals surface area contributed by atoms with Gasteiger partial charge >= 0.3 is 0 Å². The van der Waals surface area contributed by atoms with Crippen molar-refractivity contribution in [1.82, 2.24) is 4.90 Å². The number of ether oxygens (including phenoxy) is 1. The summed E-state index contributed by atoms with van der Waals surface area (Å²) < 4.78 is 5.42. The first-order valence-electron chi connectivity index (χ1n) is 8.14. The fourth-order valence-electron chi connectivity index (χ4n) is 4.39. The molecule has 0 aromatic heterocycles. The minimum Gasteiger partial charge on any atom is -0.496 e. The molecule has 2 aliphatic rings. The summed E-state index contributed by atoms with van der Waals surface area (Å²) in [6.45, 7) is 4.26. The second-order valence-electron chi connectivity index (χ2n) is 6.99. The zero-order valence-corrected chi connectivity index (χ0v) is 13.7. The number of piperidine rings is 1. The third kappa shape index (κ3) is 2.58. The van der Waals surface area contributed by atoms with E-state index in [1.165, 1.54) is 42.4 Å². The summed E-state index contributed by atoms with van der Waals surface area (Å²) in [5.74, 6) is 1.58. The molecule has 2 saturated heterocycles. The average molecular weight is 288 g/mol. The standard InChI is InChI=1S/C18H28N2O/c1-11-8-17(21-4)12(2)7-16(11)18(19)13-9-14-5-6-15(10-13)20(14)3/h7-8,13-15,18H,5-6,9-10,19H2,1-4H3. The summed E-state index contributed by atoms with van der Waals surface area (Å²) in [6, 6.07) is 6.03. The van der Waals surface area contributed by atoms with E-state index in [2.05, 4.69) is 37.9 Å². The van der Waals surface area contributed by atoms with Crippen molar-refractivity contribution in [2.24, 2.45) is 11.7 Å². The number of aryl methyl sites for hydroxylation is 2. The molecular formula is C18H28N2O. The van der Waals surface area contributed by atoms with E-state index in [9.17, 15) is 0 Å². The van der Waals surface area contributed by atoms with Crippen LogP contribution in [0, 0.1) is 19.8 Å². The van der Waals surface area contributed by atoms with Crippen LogP contribution in [0.4, 0.5) is 0 Å². The highest BCUT2D eigenvalue weighted by Gasteiger charge is 2.40. The van der Waals surface area contributed by atoms with E-state index in [4.69, 9.17) is 10.5 Å². The first kappa shape index (κ1) is 14.9. The molecule has 116 valence electrons. The van der Waals surface area contributed by atoms with Crippen LogP contribution in [-0.4, -0.2) is 31.1 Å². The molecule has 2 fully saturated rings. The van der Waals surface area contributed by atoms with Crippen molar-refractivity contribution >= 4 is 0 Å². The molecule has 2 bridgehead atoms. The molecule has 2 N–H and O–H groups in total. The maximum absolute atomic E-state index is 6.67. The number of rotatable bonds is 3. The maximum atomic E-state index is 6.67. The van der Waals surface area contributed by atoms with Crippen molar-refractivity contribution in [3.05, 3.63) is 28.8 Å². The van der Waals surface area contributed by atoms with Gasteiger partial charge in [-0.05, 0) is 75.3 Å². The van der Waals surface area contributed by atoms with Crippen molar-refractivity contribution in [1.29, 1.82) is 0 Å². The van der Waals surface area contributed by atoms with E-state index in [1.807, 2.05) is 0 Å². The highest BCUT2D eigenvalue weighted by molar-refractivity contribution is 5.43. The summed E-state index contributed by atoms with van der Waals surface area (Å²) in [5.41, 5.74) is 10.4. The van der Waals surface area contributed by atoms with Crippen molar-refractivity contribution in [3.8, 4) is 5.75 Å². The summed E-state index contributed by atoms with van der Waals surface area (Å²) in [6.07, 6.45) is 5.20. The molecule has 3 unspecified atom stereocenters. The van der Waals surface area contributed by atoms with Gasteiger partial charge in [0.1, 0.15) is 5.75 Å². The Hall–Kier alpha value is -1.06. The third-order valence-electron chi connectivity index (χ3n) is 5.79. The van der Waals surface area contributed by atoms with Crippen LogP contribution in [0.2, 0.25) is 0 Å². The van der Waals surface area contributed by atoms with Gasteiger partial charge in [-0.3, -0.25) is 0 Å². The predicted molar refractivity (Wildman–Crippen MR) is 86.7 cm³/mol. The molecule has 3 nitrogen and oxygen atoms in total. The van der Waals surface area contributed by atoms with Gasteiger partial charge in [0.15, 0.2) is 0 Å². The van der Waals surface area contributed by atoms with Gasteiger partial charge in [0.2, 0.25) is 0 Å². The van der Waals surface area contributed by atoms with Gasteiger partial charge in [0.05, 0.1) is 7.11 Å². The van der Waals surface area contributed by atoms with Crippen LogP contribution in [0.5, 0.6) is 5.75 Å². The lowest BCUT2D eigenvalue weighted by molar-refractivity contribution is 0.120. The van der Waals surface area contributed by atoms with Crippen LogP contribution in [0.3, 0.4) is 0 Å². The Morgan fingerprint density at radius 3 is 2.33 bits per heavy atom. The van der Waals surface area contributed by atoms with E-state index in [0.717, 1.165) is 17.8 Å². The summed E-state index contributed by atoms with van der Waals surface area (Å²) in [4.78, 5) is 2.58. The fraction of sp³-hybridized carbons (Fsp3) is 0.667. The van der Waals surface area contributed by atoms with E-state index < -0.39 is 0 Å². The molecule has 21 heavy (non-hydrogen) atoms. The molecule has 1 aromatic carbocycles. The number of nitrogens with zero attached hydrogens (tertiary/aromatic N) is 1. The molecule has 0 aliphatic carbocycles. The Morgan fingerprint density at radius 2 is 1.76 bits per heavy atom. The molecule has 1 aromatic rings. The molecule has 0 radical (unpaired) electrons. The van der Waals surface area contributed by atoms with Crippen molar-refractivity contribution in [3.63, 3.8) is 0 Å². The lowest BCUT2D eigenvalue weighted by Crippen LogP contribution is -2.42. The molecule has 3 atom stereocenters. The third-order valence-corrected chi connectivity index (χ3v) is 5.79. The fourth-order valence-corrected chi connectivity index (χ4v) is 4.39. The minimum absolute atomic E-state index is 0.159. The molecule has 3 heteroatoms. The van der Waals surface area contributed by atoms with Gasteiger partial charge in [-0.15, -0.1) is 0 Å². The molecule has 3 rings (SSSR count). The van der Waals surface area contributed by atoms with Gasteiger partial charge in [-0.25, -0.2) is 0 Å². The lowest BCUT2D eigenvalue weighted by Gasteiger charge is -2.39. The van der Waals surface area contributed by atoms with E-state index in [1.54, 1.807) is 7.11 Å². The van der Waals surface area contributed by atoms with Gasteiger partial charge < -0.3 is 15.4 Å². The zero-order chi connectivity index (χ0) is 15.1. The molecule has 0 saturated carbocycles. The number of hydrogen-bond acceptors (Lipinski definition) is 3. The predicted octanol–water partition coefficient (Wildman–Crippen LogP) is 3.18. The van der Waals surface area contributed by atoms with Crippen molar-refractivity contribution in [2.75, 3.05) is 14.2 Å². The van der Waals surface area contributed by atoms with Crippen LogP contribution in [0.25, 0.3) is 0 Å². The van der Waals surface area contributed by atoms with Crippen LogP contribution >= 0.6 is 0 Å². The van der Waals surface area contributed by atoms with Gasteiger partial charge in [-0.2, -0.15) is 0 Å². The molecule has 2 aliphatic heterocycles. The Balaban J connectivity index is 1.83. The van der Waals surface area contributed by atoms with E-state index in [0.29, 0.717) is 5.92 Å². The van der Waals surface area contributed by atoms with E-state index >= 15 is 0 Å². The Bertz CT molecular complexity index is 514. The summed E-state index contributed by atoms with van der Waals surface area (Å²) in [7, 11) is 4.02. The summed E-state index contributed by atoms with van der Waals surface area (Å²) >= 11 is 0. The summed E-state index contributed by atoms with van der Waals surface area (Å²) in [5, 5.41) is 0. The Morgan fingerprint density at radius 1 is 1.14 bits per heavy atom. The normalized spacial score (nSPS) is 30.4. The molecule has 0 spiro atoms. The van der Waals surface area contributed by atoms with Crippen molar-refractivity contribution in [2.45, 2.75) is 57.7 Å². The van der Waals surface area contributed by atoms with Gasteiger partial charge in [0, 0.05) is 18.1 Å². The molecule has 0 amide bonds.